The zero-order chi connectivity index (χ0) is 18.8. The molecule has 1 aliphatic rings. The fourth-order valence-electron chi connectivity index (χ4n) is 3.46. The molecule has 1 fully saturated rings. The maximum atomic E-state index is 12.8. The number of anilines is 1. The Balaban J connectivity index is 1.50. The van der Waals surface area contributed by atoms with Crippen molar-refractivity contribution in [1.29, 1.82) is 0 Å². The lowest BCUT2D eigenvalue weighted by atomic mass is 10.1. The van der Waals surface area contributed by atoms with Crippen LogP contribution in [-0.2, 0) is 6.54 Å². The van der Waals surface area contributed by atoms with Gasteiger partial charge in [-0.3, -0.25) is 9.78 Å². The molecule has 27 heavy (non-hydrogen) atoms. The second kappa shape index (κ2) is 7.53. The molecular weight excluding hydrogens is 360 g/mol. The van der Waals surface area contributed by atoms with E-state index in [-0.39, 0.29) is 5.91 Å². The maximum Gasteiger partial charge on any atom is 0.254 e. The lowest BCUT2D eigenvalue weighted by Gasteiger charge is -2.21. The number of aromatic nitrogens is 2. The van der Waals surface area contributed by atoms with Crippen LogP contribution in [0.5, 0.6) is 0 Å². The van der Waals surface area contributed by atoms with Crippen LogP contribution < -0.4 is 4.90 Å². The van der Waals surface area contributed by atoms with Gasteiger partial charge in [-0.25, -0.2) is 4.98 Å². The molecule has 1 aromatic heterocycles. The van der Waals surface area contributed by atoms with Crippen LogP contribution in [0.1, 0.15) is 28.9 Å². The summed E-state index contributed by atoms with van der Waals surface area (Å²) in [4.78, 5) is 25.7. The Bertz CT molecular complexity index is 985. The van der Waals surface area contributed by atoms with Gasteiger partial charge < -0.3 is 9.80 Å². The third-order valence-corrected chi connectivity index (χ3v) is 5.19. The number of hydrogen-bond donors (Lipinski definition) is 0. The molecule has 1 amide bonds. The fraction of sp³-hybridized carbons (Fsp3) is 0.286. The van der Waals surface area contributed by atoms with E-state index in [9.17, 15) is 4.79 Å². The lowest BCUT2D eigenvalue weighted by Crippen LogP contribution is -2.27. The first kappa shape index (κ1) is 17.7. The van der Waals surface area contributed by atoms with Gasteiger partial charge in [0.25, 0.3) is 5.91 Å². The minimum atomic E-state index is -0.0835. The first-order chi connectivity index (χ1) is 13.1. The molecule has 0 saturated carbocycles. The van der Waals surface area contributed by atoms with Gasteiger partial charge in [-0.05, 0) is 43.2 Å². The molecule has 0 aliphatic carbocycles. The molecule has 0 N–H and O–H groups in total. The van der Waals surface area contributed by atoms with Gasteiger partial charge in [-0.2, -0.15) is 0 Å². The Labute approximate surface area is 163 Å². The summed E-state index contributed by atoms with van der Waals surface area (Å²) in [5.74, 6) is -0.0835. The van der Waals surface area contributed by atoms with Crippen molar-refractivity contribution >= 4 is 34.2 Å². The van der Waals surface area contributed by atoms with E-state index in [1.165, 1.54) is 12.8 Å². The Morgan fingerprint density at radius 2 is 1.89 bits per heavy atom. The molecule has 0 bridgehead atoms. The second-order valence-electron chi connectivity index (χ2n) is 6.87. The number of carbonyl (C=O) groups is 1. The Morgan fingerprint density at radius 1 is 1.15 bits per heavy atom. The molecule has 0 spiro atoms. The van der Waals surface area contributed by atoms with Crippen molar-refractivity contribution in [2.24, 2.45) is 0 Å². The van der Waals surface area contributed by atoms with Crippen molar-refractivity contribution in [2.45, 2.75) is 19.4 Å². The number of benzene rings is 2. The minimum Gasteiger partial charge on any atom is -0.370 e. The van der Waals surface area contributed by atoms with E-state index < -0.39 is 0 Å². The Hall–Kier alpha value is -2.66. The van der Waals surface area contributed by atoms with Crippen molar-refractivity contribution in [3.8, 4) is 0 Å². The highest BCUT2D eigenvalue weighted by molar-refractivity contribution is 6.33. The summed E-state index contributed by atoms with van der Waals surface area (Å²) >= 11 is 6.45. The number of rotatable bonds is 4. The molecule has 138 valence electrons. The average Bonchev–Trinajstić information content (AvgIpc) is 3.21. The number of carbonyl (C=O) groups excluding carboxylic acids is 1. The van der Waals surface area contributed by atoms with Crippen LogP contribution in [0.25, 0.3) is 11.0 Å². The van der Waals surface area contributed by atoms with Gasteiger partial charge in [0.05, 0.1) is 40.2 Å². The number of fused-ring (bicyclic) bond motifs is 1. The number of nitrogens with zero attached hydrogens (tertiary/aromatic N) is 4. The summed E-state index contributed by atoms with van der Waals surface area (Å²) in [7, 11) is 1.77. The van der Waals surface area contributed by atoms with Gasteiger partial charge in [0, 0.05) is 25.7 Å². The molecular formula is C21H21ClN4O. The standard InChI is InChI=1S/C21H21ClN4O/c1-25(14-16-13-23-18-6-2-3-7-19(18)24-16)21(27)15-8-9-20(17(22)12-15)26-10-4-5-11-26/h2-3,6-9,12-13H,4-5,10-11,14H2,1H3. The predicted molar refractivity (Wildman–Crippen MR) is 108 cm³/mol. The van der Waals surface area contributed by atoms with Crippen molar-refractivity contribution in [2.75, 3.05) is 25.0 Å². The molecule has 0 unspecified atom stereocenters. The first-order valence-electron chi connectivity index (χ1n) is 9.12. The molecule has 0 radical (unpaired) electrons. The van der Waals surface area contributed by atoms with Gasteiger partial charge in [0.2, 0.25) is 0 Å². The zero-order valence-corrected chi connectivity index (χ0v) is 16.0. The largest absolute Gasteiger partial charge is 0.370 e. The third-order valence-electron chi connectivity index (χ3n) is 4.89. The van der Waals surface area contributed by atoms with Gasteiger partial charge in [-0.1, -0.05) is 23.7 Å². The summed E-state index contributed by atoms with van der Waals surface area (Å²) in [5.41, 5.74) is 4.02. The molecule has 2 aromatic carbocycles. The molecule has 5 nitrogen and oxygen atoms in total. The summed E-state index contributed by atoms with van der Waals surface area (Å²) in [6.45, 7) is 2.43. The van der Waals surface area contributed by atoms with Crippen LogP contribution in [0.15, 0.2) is 48.7 Å². The van der Waals surface area contributed by atoms with E-state index in [1.54, 1.807) is 24.2 Å². The summed E-state index contributed by atoms with van der Waals surface area (Å²) in [6, 6.07) is 13.3. The maximum absolute atomic E-state index is 12.8. The molecule has 3 aromatic rings. The Kier molecular flexibility index (Phi) is 4.94. The number of hydrogen-bond acceptors (Lipinski definition) is 4. The highest BCUT2D eigenvalue weighted by atomic mass is 35.5. The number of halogens is 1. The normalized spacial score (nSPS) is 13.9. The third kappa shape index (κ3) is 3.74. The summed E-state index contributed by atoms with van der Waals surface area (Å²) in [5, 5.41) is 0.627. The van der Waals surface area contributed by atoms with Crippen molar-refractivity contribution < 1.29 is 4.79 Å². The minimum absolute atomic E-state index is 0.0835. The van der Waals surface area contributed by atoms with Crippen molar-refractivity contribution in [1.82, 2.24) is 14.9 Å². The average molecular weight is 381 g/mol. The zero-order valence-electron chi connectivity index (χ0n) is 15.2. The monoisotopic (exact) mass is 380 g/mol. The van der Waals surface area contributed by atoms with E-state index in [1.807, 2.05) is 36.4 Å². The van der Waals surface area contributed by atoms with Gasteiger partial charge in [0.1, 0.15) is 0 Å². The summed E-state index contributed by atoms with van der Waals surface area (Å²) < 4.78 is 0. The molecule has 1 saturated heterocycles. The van der Waals surface area contributed by atoms with Crippen molar-refractivity contribution in [3.63, 3.8) is 0 Å². The smallest absolute Gasteiger partial charge is 0.254 e. The molecule has 1 aliphatic heterocycles. The van der Waals surface area contributed by atoms with E-state index in [2.05, 4.69) is 14.9 Å². The van der Waals surface area contributed by atoms with Crippen molar-refractivity contribution in [3.05, 3.63) is 64.9 Å². The highest BCUT2D eigenvalue weighted by Gasteiger charge is 2.18. The molecule has 6 heteroatoms. The van der Waals surface area contributed by atoms with E-state index in [0.717, 1.165) is 35.5 Å². The topological polar surface area (TPSA) is 49.3 Å². The van der Waals surface area contributed by atoms with E-state index >= 15 is 0 Å². The van der Waals surface area contributed by atoms with Crippen LogP contribution in [-0.4, -0.2) is 40.9 Å². The lowest BCUT2D eigenvalue weighted by molar-refractivity contribution is 0.0783. The van der Waals surface area contributed by atoms with Crippen LogP contribution in [0.2, 0.25) is 5.02 Å². The quantitative estimate of drug-likeness (QED) is 0.682. The predicted octanol–water partition coefficient (Wildman–Crippen LogP) is 4.16. The van der Waals surface area contributed by atoms with Crippen LogP contribution >= 0.6 is 11.6 Å². The fourth-order valence-corrected chi connectivity index (χ4v) is 3.76. The van der Waals surface area contributed by atoms with Crippen LogP contribution in [0.4, 0.5) is 5.69 Å². The van der Waals surface area contributed by atoms with Crippen LogP contribution in [0.3, 0.4) is 0 Å². The highest BCUT2D eigenvalue weighted by Crippen LogP contribution is 2.30. The number of amides is 1. The van der Waals surface area contributed by atoms with Crippen LogP contribution in [0, 0.1) is 0 Å². The van der Waals surface area contributed by atoms with E-state index in [4.69, 9.17) is 11.6 Å². The number of para-hydroxylation sites is 2. The molecule has 4 rings (SSSR count). The van der Waals surface area contributed by atoms with Gasteiger partial charge in [0.15, 0.2) is 0 Å². The molecule has 2 heterocycles. The first-order valence-corrected chi connectivity index (χ1v) is 9.50. The summed E-state index contributed by atoms with van der Waals surface area (Å²) in [6.07, 6.45) is 4.09. The molecule has 0 atom stereocenters. The van der Waals surface area contributed by atoms with E-state index in [0.29, 0.717) is 17.1 Å². The van der Waals surface area contributed by atoms with Gasteiger partial charge >= 0.3 is 0 Å². The SMILES string of the molecule is CN(Cc1cnc2ccccc2n1)C(=O)c1ccc(N2CCCC2)c(Cl)c1. The Morgan fingerprint density at radius 3 is 2.63 bits per heavy atom. The second-order valence-corrected chi connectivity index (χ2v) is 7.28. The van der Waals surface area contributed by atoms with Gasteiger partial charge in [-0.15, -0.1) is 0 Å².